The first-order valence-corrected chi connectivity index (χ1v) is 9.50. The van der Waals surface area contributed by atoms with Crippen molar-refractivity contribution in [2.75, 3.05) is 7.11 Å². The van der Waals surface area contributed by atoms with Gasteiger partial charge in [-0.2, -0.15) is 0 Å². The minimum absolute atomic E-state index is 0.0547. The summed E-state index contributed by atoms with van der Waals surface area (Å²) >= 11 is 0. The van der Waals surface area contributed by atoms with Gasteiger partial charge < -0.3 is 9.47 Å². The molecule has 0 spiro atoms. The molecule has 2 aliphatic rings. The Labute approximate surface area is 161 Å². The van der Waals surface area contributed by atoms with Crippen LogP contribution >= 0.6 is 0 Å². The van der Waals surface area contributed by atoms with Gasteiger partial charge in [-0.25, -0.2) is 4.79 Å². The van der Waals surface area contributed by atoms with Crippen molar-refractivity contribution in [1.29, 1.82) is 0 Å². The lowest BCUT2D eigenvalue weighted by molar-refractivity contribution is -0.150. The van der Waals surface area contributed by atoms with E-state index in [9.17, 15) is 14.4 Å². The van der Waals surface area contributed by atoms with E-state index in [2.05, 4.69) is 0 Å². The summed E-state index contributed by atoms with van der Waals surface area (Å²) in [4.78, 5) is 36.6. The number of ether oxygens (including phenoxy) is 2. The quantitative estimate of drug-likeness (QED) is 0.384. The Morgan fingerprint density at radius 3 is 2.52 bits per heavy atom. The van der Waals surface area contributed by atoms with E-state index in [0.717, 1.165) is 17.6 Å². The van der Waals surface area contributed by atoms with Crippen LogP contribution in [0.4, 0.5) is 0 Å². The second-order valence-corrected chi connectivity index (χ2v) is 7.96. The Kier molecular flexibility index (Phi) is 6.45. The van der Waals surface area contributed by atoms with Crippen LogP contribution in [0.1, 0.15) is 53.9 Å². The molecule has 27 heavy (non-hydrogen) atoms. The van der Waals surface area contributed by atoms with Gasteiger partial charge in [-0.15, -0.1) is 0 Å². The fourth-order valence-corrected chi connectivity index (χ4v) is 3.78. The molecule has 0 heterocycles. The molecular weight excluding hydrogens is 344 g/mol. The van der Waals surface area contributed by atoms with Gasteiger partial charge in [0.15, 0.2) is 5.78 Å². The van der Waals surface area contributed by atoms with Crippen LogP contribution < -0.4 is 0 Å². The standard InChI is InChI=1S/C22H30O5/c1-7-8-9-10-15-14(3)18(12-17(15)23)27-21(25)19-16(22(19,4)5)11-13(2)20(24)26-6/h8-9,11,16,18-19H,7,10,12H2,1-6H3/b9-8+,13-11+/t16-,18+,19+/m1/s1. The molecule has 2 rings (SSSR count). The van der Waals surface area contributed by atoms with E-state index in [-0.39, 0.29) is 35.4 Å². The largest absolute Gasteiger partial charge is 0.466 e. The highest BCUT2D eigenvalue weighted by atomic mass is 16.5. The molecule has 0 unspecified atom stereocenters. The average molecular weight is 374 g/mol. The predicted molar refractivity (Wildman–Crippen MR) is 103 cm³/mol. The Bertz CT molecular complexity index is 723. The number of rotatable bonds is 7. The second-order valence-electron chi connectivity index (χ2n) is 7.96. The summed E-state index contributed by atoms with van der Waals surface area (Å²) in [6.45, 7) is 9.56. The number of Topliss-reactive ketones (excluding diaryl/α,β-unsaturated/α-hetero) is 1. The maximum Gasteiger partial charge on any atom is 0.333 e. The van der Waals surface area contributed by atoms with Gasteiger partial charge in [0.1, 0.15) is 6.10 Å². The van der Waals surface area contributed by atoms with Gasteiger partial charge in [-0.3, -0.25) is 9.59 Å². The molecule has 0 amide bonds. The van der Waals surface area contributed by atoms with Gasteiger partial charge in [0.2, 0.25) is 0 Å². The van der Waals surface area contributed by atoms with E-state index in [1.807, 2.05) is 39.8 Å². The molecule has 0 saturated heterocycles. The summed E-state index contributed by atoms with van der Waals surface area (Å²) < 4.78 is 10.4. The SMILES string of the molecule is CC/C=C/CC1=C(C)[C@@H](OC(=O)[C@@H]2[C@@H](/C=C(\C)C(=O)OC)C2(C)C)CC1=O. The monoisotopic (exact) mass is 374 g/mol. The Balaban J connectivity index is 2.06. The number of ketones is 1. The van der Waals surface area contributed by atoms with Crippen molar-refractivity contribution in [2.45, 2.75) is 60.0 Å². The first-order valence-electron chi connectivity index (χ1n) is 9.50. The molecule has 0 aromatic heterocycles. The number of hydrogen-bond donors (Lipinski definition) is 0. The zero-order chi connectivity index (χ0) is 20.4. The number of esters is 2. The predicted octanol–water partition coefficient (Wildman–Crippen LogP) is 3.94. The van der Waals surface area contributed by atoms with E-state index >= 15 is 0 Å². The van der Waals surface area contributed by atoms with Crippen LogP contribution in [-0.2, 0) is 23.9 Å². The topological polar surface area (TPSA) is 69.7 Å². The first kappa shape index (κ1) is 21.1. The molecule has 0 aliphatic heterocycles. The first-order chi connectivity index (χ1) is 12.6. The maximum atomic E-state index is 12.7. The molecule has 0 aromatic carbocycles. The second kappa shape index (κ2) is 8.24. The number of allylic oxidation sites excluding steroid dienone is 4. The van der Waals surface area contributed by atoms with Gasteiger partial charge in [-0.1, -0.05) is 39.0 Å². The van der Waals surface area contributed by atoms with Gasteiger partial charge >= 0.3 is 11.9 Å². The fraction of sp³-hybridized carbons (Fsp3) is 0.591. The van der Waals surface area contributed by atoms with Gasteiger partial charge in [0.05, 0.1) is 19.4 Å². The molecule has 5 nitrogen and oxygen atoms in total. The number of methoxy groups -OCH3 is 1. The van der Waals surface area contributed by atoms with Gasteiger partial charge in [-0.05, 0) is 43.6 Å². The summed E-state index contributed by atoms with van der Waals surface area (Å²) in [5.74, 6) is -1.03. The molecule has 148 valence electrons. The minimum Gasteiger partial charge on any atom is -0.466 e. The maximum absolute atomic E-state index is 12.7. The molecule has 3 atom stereocenters. The van der Waals surface area contributed by atoms with E-state index in [1.54, 1.807) is 13.0 Å². The van der Waals surface area contributed by atoms with Crippen molar-refractivity contribution in [2.24, 2.45) is 17.3 Å². The highest BCUT2D eigenvalue weighted by molar-refractivity contribution is 6.00. The van der Waals surface area contributed by atoms with Crippen LogP contribution in [0.2, 0.25) is 0 Å². The summed E-state index contributed by atoms with van der Waals surface area (Å²) in [5, 5.41) is 0. The van der Waals surface area contributed by atoms with Crippen LogP contribution in [-0.4, -0.2) is 30.9 Å². The number of hydrogen-bond acceptors (Lipinski definition) is 5. The minimum atomic E-state index is -0.474. The van der Waals surface area contributed by atoms with Crippen molar-refractivity contribution in [3.8, 4) is 0 Å². The van der Waals surface area contributed by atoms with E-state index in [1.165, 1.54) is 7.11 Å². The fourth-order valence-electron chi connectivity index (χ4n) is 3.78. The molecule has 0 radical (unpaired) electrons. The smallest absolute Gasteiger partial charge is 0.333 e. The normalized spacial score (nSPS) is 27.3. The Morgan fingerprint density at radius 2 is 1.93 bits per heavy atom. The van der Waals surface area contributed by atoms with Crippen molar-refractivity contribution >= 4 is 17.7 Å². The third kappa shape index (κ3) is 4.40. The van der Waals surface area contributed by atoms with Gasteiger partial charge in [0.25, 0.3) is 0 Å². The van der Waals surface area contributed by atoms with Gasteiger partial charge in [0, 0.05) is 11.1 Å². The van der Waals surface area contributed by atoms with Crippen LogP contribution in [0.15, 0.2) is 34.9 Å². The lowest BCUT2D eigenvalue weighted by Gasteiger charge is -2.13. The summed E-state index contributed by atoms with van der Waals surface area (Å²) in [5.41, 5.74) is 1.82. The van der Waals surface area contributed by atoms with E-state index in [4.69, 9.17) is 9.47 Å². The van der Waals surface area contributed by atoms with Crippen molar-refractivity contribution < 1.29 is 23.9 Å². The molecule has 1 saturated carbocycles. The summed E-state index contributed by atoms with van der Waals surface area (Å²) in [6.07, 6.45) is 7.07. The third-order valence-electron chi connectivity index (χ3n) is 5.75. The number of carbonyl (C=O) groups excluding carboxylic acids is 3. The third-order valence-corrected chi connectivity index (χ3v) is 5.75. The van der Waals surface area contributed by atoms with Crippen molar-refractivity contribution in [3.63, 3.8) is 0 Å². The molecule has 0 bridgehead atoms. The molecular formula is C22H30O5. The zero-order valence-corrected chi connectivity index (χ0v) is 17.1. The van der Waals surface area contributed by atoms with E-state index in [0.29, 0.717) is 12.0 Å². The van der Waals surface area contributed by atoms with E-state index < -0.39 is 12.1 Å². The summed E-state index contributed by atoms with van der Waals surface area (Å²) in [7, 11) is 1.34. The molecule has 0 N–H and O–H groups in total. The lowest BCUT2D eigenvalue weighted by Crippen LogP contribution is -2.20. The molecule has 0 aromatic rings. The Hall–Kier alpha value is -2.17. The van der Waals surface area contributed by atoms with Crippen molar-refractivity contribution in [1.82, 2.24) is 0 Å². The molecule has 2 aliphatic carbocycles. The van der Waals surface area contributed by atoms with Crippen molar-refractivity contribution in [3.05, 3.63) is 34.9 Å². The molecule has 1 fully saturated rings. The van der Waals surface area contributed by atoms with Crippen LogP contribution in [0.3, 0.4) is 0 Å². The Morgan fingerprint density at radius 1 is 1.26 bits per heavy atom. The highest BCUT2D eigenvalue weighted by Gasteiger charge is 2.62. The van der Waals surface area contributed by atoms with Crippen LogP contribution in [0.25, 0.3) is 0 Å². The van der Waals surface area contributed by atoms with Crippen LogP contribution in [0.5, 0.6) is 0 Å². The van der Waals surface area contributed by atoms with Crippen LogP contribution in [0, 0.1) is 17.3 Å². The highest BCUT2D eigenvalue weighted by Crippen LogP contribution is 2.60. The average Bonchev–Trinajstić information content (AvgIpc) is 3.05. The summed E-state index contributed by atoms with van der Waals surface area (Å²) in [6, 6.07) is 0. The lowest BCUT2D eigenvalue weighted by atomic mass is 10.1. The zero-order valence-electron chi connectivity index (χ0n) is 17.1. The number of carbonyl (C=O) groups is 3. The molecule has 5 heteroatoms.